The minimum atomic E-state index is -0.299. The number of fused-ring (bicyclic) bond motifs is 8. The van der Waals surface area contributed by atoms with Crippen molar-refractivity contribution < 1.29 is 19.1 Å². The summed E-state index contributed by atoms with van der Waals surface area (Å²) in [5.74, 6) is -0.186. The Labute approximate surface area is 246 Å². The molecule has 8 bridgehead atoms. The van der Waals surface area contributed by atoms with Gasteiger partial charge in [-0.3, -0.25) is 9.78 Å². The third-order valence-electron chi connectivity index (χ3n) is 8.67. The van der Waals surface area contributed by atoms with Crippen LogP contribution in [0.4, 0.5) is 0 Å². The van der Waals surface area contributed by atoms with Crippen molar-refractivity contribution in [2.24, 2.45) is 0 Å². The summed E-state index contributed by atoms with van der Waals surface area (Å²) in [6.45, 7) is 14.9. The highest BCUT2D eigenvalue weighted by atomic mass is 16.5. The minimum Gasteiger partial charge on any atom is -0.469 e. The molecule has 0 spiro atoms. The summed E-state index contributed by atoms with van der Waals surface area (Å²) in [6.07, 6.45) is 3.13. The quantitative estimate of drug-likeness (QED) is 0.331. The standard InChI is InChI=1S/C30H32N4O2.C4H8O2/c1-7-18-15(4)22-10-21-14(3)9-25(31-21)20-13-36-30(35)28-17(6)24(34-29(20)28)12-27-19(8-2)16(5)23(33-27)11-26(18)32-22;1-3-4(5)6-2/h10-12,14,32-33H,7-9,13H2,1-6H3;3H2,1-2H3. The molecule has 0 saturated heterocycles. The zero-order chi connectivity index (χ0) is 30.3. The van der Waals surface area contributed by atoms with Gasteiger partial charge in [0.1, 0.15) is 6.61 Å². The number of nitrogens with zero attached hydrogens (tertiary/aromatic N) is 2. The summed E-state index contributed by atoms with van der Waals surface area (Å²) in [7, 11) is 1.38. The van der Waals surface area contributed by atoms with Crippen molar-refractivity contribution in [3.8, 4) is 0 Å². The number of ether oxygens (including phenoxy) is 2. The number of aryl methyl sites for hydroxylation is 4. The number of aromatic amines is 2. The summed E-state index contributed by atoms with van der Waals surface area (Å²) < 4.78 is 9.89. The molecule has 0 fully saturated rings. The Kier molecular flexibility index (Phi) is 8.08. The van der Waals surface area contributed by atoms with Crippen LogP contribution in [0.1, 0.15) is 97.6 Å². The number of H-pyrrole nitrogens is 2. The first-order chi connectivity index (χ1) is 20.1. The van der Waals surface area contributed by atoms with Crippen molar-refractivity contribution in [3.63, 3.8) is 0 Å². The van der Waals surface area contributed by atoms with E-state index in [1.165, 1.54) is 29.4 Å². The fourth-order valence-electron chi connectivity index (χ4n) is 6.12. The molecule has 3 aliphatic heterocycles. The van der Waals surface area contributed by atoms with Crippen LogP contribution in [0.2, 0.25) is 0 Å². The number of hydrogen-bond acceptors (Lipinski definition) is 6. The van der Waals surface area contributed by atoms with Crippen molar-refractivity contribution in [3.05, 3.63) is 68.8 Å². The normalized spacial score (nSPS) is 15.7. The number of rotatable bonds is 3. The van der Waals surface area contributed by atoms with Gasteiger partial charge >= 0.3 is 11.9 Å². The summed E-state index contributed by atoms with van der Waals surface area (Å²) >= 11 is 0. The second-order valence-corrected chi connectivity index (χ2v) is 11.2. The van der Waals surface area contributed by atoms with Gasteiger partial charge in [0.05, 0.1) is 29.8 Å². The number of methoxy groups -OCH3 is 1. The fraction of sp³-hybridized carbons (Fsp3) is 0.412. The van der Waals surface area contributed by atoms with Gasteiger partial charge in [0.2, 0.25) is 0 Å². The second-order valence-electron chi connectivity index (χ2n) is 11.2. The van der Waals surface area contributed by atoms with E-state index in [2.05, 4.69) is 67.5 Å². The largest absolute Gasteiger partial charge is 0.469 e. The molecule has 220 valence electrons. The molecule has 6 heterocycles. The smallest absolute Gasteiger partial charge is 0.341 e. The second kappa shape index (κ2) is 11.6. The number of cyclic esters (lactones) is 1. The molecule has 0 aromatic carbocycles. The molecular formula is C34H40N4O4. The zero-order valence-corrected chi connectivity index (χ0v) is 25.9. The highest BCUT2D eigenvalue weighted by Gasteiger charge is 2.33. The molecular weight excluding hydrogens is 528 g/mol. The fourth-order valence-corrected chi connectivity index (χ4v) is 6.12. The lowest BCUT2D eigenvalue weighted by atomic mass is 9.97. The molecule has 2 N–H and O–H groups in total. The maximum atomic E-state index is 12.8. The number of hydrogen-bond donors (Lipinski definition) is 2. The molecule has 1 unspecified atom stereocenters. The molecule has 3 aromatic rings. The molecule has 8 nitrogen and oxygen atoms in total. The number of carbonyl (C=O) groups is 2. The van der Waals surface area contributed by atoms with E-state index in [4.69, 9.17) is 14.7 Å². The monoisotopic (exact) mass is 568 g/mol. The van der Waals surface area contributed by atoms with Crippen LogP contribution in [0.5, 0.6) is 0 Å². The predicted molar refractivity (Wildman–Crippen MR) is 166 cm³/mol. The third kappa shape index (κ3) is 5.03. The number of esters is 2. The number of carbonyl (C=O) groups excluding carboxylic acids is 2. The Balaban J connectivity index is 0.000000535. The predicted octanol–water partition coefficient (Wildman–Crippen LogP) is 6.96. The van der Waals surface area contributed by atoms with Crippen LogP contribution in [-0.4, -0.2) is 39.0 Å². The van der Waals surface area contributed by atoms with E-state index >= 15 is 0 Å². The van der Waals surface area contributed by atoms with Gasteiger partial charge in [-0.25, -0.2) is 9.78 Å². The highest BCUT2D eigenvalue weighted by molar-refractivity contribution is 6.26. The van der Waals surface area contributed by atoms with Crippen LogP contribution < -0.4 is 0 Å². The Morgan fingerprint density at radius 3 is 2.14 bits per heavy atom. The molecule has 0 saturated carbocycles. The summed E-state index contributed by atoms with van der Waals surface area (Å²) in [6, 6.07) is 6.51. The van der Waals surface area contributed by atoms with Crippen LogP contribution in [0.15, 0.2) is 18.2 Å². The maximum absolute atomic E-state index is 12.8. The lowest BCUT2D eigenvalue weighted by Gasteiger charge is -2.16. The van der Waals surface area contributed by atoms with Gasteiger partial charge in [-0.15, -0.1) is 0 Å². The van der Waals surface area contributed by atoms with Gasteiger partial charge in [-0.05, 0) is 86.1 Å². The SMILES string of the molecule is CCC(=O)OC.CCc1c(C)c2cc3[nH]c(cc4nc(c5c6nc(cc1[nH]2)C(C)=C6C(=O)OC5)CC4C)c(C)c3CC. The van der Waals surface area contributed by atoms with Crippen LogP contribution >= 0.6 is 0 Å². The number of aromatic nitrogens is 4. The van der Waals surface area contributed by atoms with E-state index in [-0.39, 0.29) is 24.5 Å². The van der Waals surface area contributed by atoms with Crippen molar-refractivity contribution in [2.75, 3.05) is 7.11 Å². The highest BCUT2D eigenvalue weighted by Crippen LogP contribution is 2.39. The number of allylic oxidation sites excluding steroid dienone is 1. The van der Waals surface area contributed by atoms with Gasteiger partial charge < -0.3 is 19.4 Å². The molecule has 8 heteroatoms. The zero-order valence-electron chi connectivity index (χ0n) is 25.9. The van der Waals surface area contributed by atoms with E-state index in [9.17, 15) is 9.59 Å². The number of nitrogens with one attached hydrogen (secondary N) is 2. The molecule has 3 aliphatic rings. The Morgan fingerprint density at radius 1 is 0.952 bits per heavy atom. The van der Waals surface area contributed by atoms with Crippen LogP contribution in [0.3, 0.4) is 0 Å². The Hall–Kier alpha value is -4.20. The van der Waals surface area contributed by atoms with E-state index < -0.39 is 0 Å². The summed E-state index contributed by atoms with van der Waals surface area (Å²) in [5.41, 5.74) is 15.4. The van der Waals surface area contributed by atoms with Gasteiger partial charge in [0.25, 0.3) is 0 Å². The van der Waals surface area contributed by atoms with Crippen LogP contribution in [0, 0.1) is 13.8 Å². The van der Waals surface area contributed by atoms with Gasteiger partial charge in [0, 0.05) is 45.7 Å². The lowest BCUT2D eigenvalue weighted by Crippen LogP contribution is -2.16. The summed E-state index contributed by atoms with van der Waals surface area (Å²) in [5, 5.41) is 0. The van der Waals surface area contributed by atoms with Crippen molar-refractivity contribution in [2.45, 2.75) is 86.7 Å². The first-order valence-corrected chi connectivity index (χ1v) is 14.8. The van der Waals surface area contributed by atoms with Crippen molar-refractivity contribution >= 4 is 45.2 Å². The lowest BCUT2D eigenvalue weighted by molar-refractivity contribution is -0.140. The Morgan fingerprint density at radius 2 is 1.57 bits per heavy atom. The van der Waals surface area contributed by atoms with Gasteiger partial charge in [-0.1, -0.05) is 27.7 Å². The molecule has 0 aliphatic carbocycles. The summed E-state index contributed by atoms with van der Waals surface area (Å²) in [4.78, 5) is 40.2. The van der Waals surface area contributed by atoms with E-state index in [1.54, 1.807) is 6.92 Å². The van der Waals surface area contributed by atoms with Crippen LogP contribution in [0.25, 0.3) is 33.2 Å². The molecule has 3 aromatic heterocycles. The average molecular weight is 569 g/mol. The van der Waals surface area contributed by atoms with Crippen LogP contribution in [-0.2, 0) is 44.9 Å². The Bertz CT molecular complexity index is 1780. The van der Waals surface area contributed by atoms with Crippen molar-refractivity contribution in [1.82, 2.24) is 19.9 Å². The molecule has 42 heavy (non-hydrogen) atoms. The maximum Gasteiger partial charge on any atom is 0.341 e. The molecule has 0 radical (unpaired) electrons. The van der Waals surface area contributed by atoms with Crippen molar-refractivity contribution in [1.29, 1.82) is 0 Å². The minimum absolute atomic E-state index is 0.157. The molecule has 1 atom stereocenters. The molecule has 6 rings (SSSR count). The molecule has 0 amide bonds. The van der Waals surface area contributed by atoms with E-state index in [0.717, 1.165) is 75.2 Å². The van der Waals surface area contributed by atoms with E-state index in [0.29, 0.717) is 12.0 Å². The van der Waals surface area contributed by atoms with E-state index in [1.807, 2.05) is 6.92 Å². The topological polar surface area (TPSA) is 110 Å². The first-order valence-electron chi connectivity index (χ1n) is 14.8. The third-order valence-corrected chi connectivity index (χ3v) is 8.67. The van der Waals surface area contributed by atoms with Gasteiger partial charge in [-0.2, -0.15) is 0 Å². The first kappa shape index (κ1) is 29.3. The average Bonchev–Trinajstić information content (AvgIpc) is 3.68. The van der Waals surface area contributed by atoms with Gasteiger partial charge in [0.15, 0.2) is 0 Å².